The molecule has 0 N–H and O–H groups in total. The van der Waals surface area contributed by atoms with Crippen LogP contribution in [0.2, 0.25) is 0 Å². The van der Waals surface area contributed by atoms with E-state index in [9.17, 15) is 4.39 Å². The van der Waals surface area contributed by atoms with Gasteiger partial charge in [-0.3, -0.25) is 9.58 Å². The normalized spacial score (nSPS) is 18.3. The van der Waals surface area contributed by atoms with Crippen LogP contribution in [0.5, 0.6) is 0 Å². The Labute approximate surface area is 165 Å². The molecule has 5 nitrogen and oxygen atoms in total. The molecule has 6 heteroatoms. The molecule has 0 amide bonds. The highest BCUT2D eigenvalue weighted by molar-refractivity contribution is 5.58. The van der Waals surface area contributed by atoms with Crippen molar-refractivity contribution in [3.05, 3.63) is 59.4 Å². The third-order valence-electron chi connectivity index (χ3n) is 5.74. The highest BCUT2D eigenvalue weighted by Crippen LogP contribution is 2.33. The first-order chi connectivity index (χ1) is 13.7. The van der Waals surface area contributed by atoms with Crippen molar-refractivity contribution in [2.75, 3.05) is 6.54 Å². The zero-order chi connectivity index (χ0) is 19.5. The van der Waals surface area contributed by atoms with Crippen LogP contribution in [0.3, 0.4) is 0 Å². The SMILES string of the molecule is CCn1ncc(CN2CCCCC[C@H]2c2cc(-c3ccc(F)cc3)no2)c1C. The van der Waals surface area contributed by atoms with Gasteiger partial charge in [0.1, 0.15) is 11.5 Å². The van der Waals surface area contributed by atoms with Gasteiger partial charge in [-0.15, -0.1) is 0 Å². The summed E-state index contributed by atoms with van der Waals surface area (Å²) < 4.78 is 21.0. The lowest BCUT2D eigenvalue weighted by molar-refractivity contribution is 0.160. The van der Waals surface area contributed by atoms with Crippen LogP contribution in [0, 0.1) is 12.7 Å². The van der Waals surface area contributed by atoms with E-state index < -0.39 is 0 Å². The summed E-state index contributed by atoms with van der Waals surface area (Å²) in [5, 5.41) is 8.75. The second kappa shape index (κ2) is 8.27. The molecule has 0 spiro atoms. The minimum atomic E-state index is -0.245. The van der Waals surface area contributed by atoms with E-state index in [1.807, 2.05) is 16.9 Å². The zero-order valence-corrected chi connectivity index (χ0v) is 16.6. The first kappa shape index (κ1) is 18.9. The standard InChI is InChI=1S/C22H27FN4O/c1-3-27-16(2)18(14-24-27)15-26-12-6-4-5-7-21(26)22-13-20(25-28-22)17-8-10-19(23)11-9-17/h8-11,13-14,21H,3-7,12,15H2,1-2H3/t21-/m0/s1. The van der Waals surface area contributed by atoms with Crippen molar-refractivity contribution in [3.8, 4) is 11.3 Å². The minimum absolute atomic E-state index is 0.202. The van der Waals surface area contributed by atoms with Crippen LogP contribution in [0.15, 0.2) is 41.1 Å². The Morgan fingerprint density at radius 2 is 2.00 bits per heavy atom. The van der Waals surface area contributed by atoms with Crippen LogP contribution in [-0.2, 0) is 13.1 Å². The summed E-state index contributed by atoms with van der Waals surface area (Å²) in [6, 6.07) is 8.60. The van der Waals surface area contributed by atoms with Crippen molar-refractivity contribution in [2.45, 2.75) is 58.7 Å². The van der Waals surface area contributed by atoms with Crippen molar-refractivity contribution in [2.24, 2.45) is 0 Å². The van der Waals surface area contributed by atoms with Gasteiger partial charge in [0.15, 0.2) is 5.76 Å². The fourth-order valence-electron chi connectivity index (χ4n) is 4.06. The highest BCUT2D eigenvalue weighted by Gasteiger charge is 2.27. The molecule has 28 heavy (non-hydrogen) atoms. The second-order valence-electron chi connectivity index (χ2n) is 7.53. The first-order valence-corrected chi connectivity index (χ1v) is 10.1. The van der Waals surface area contributed by atoms with Gasteiger partial charge in [-0.1, -0.05) is 18.0 Å². The molecule has 1 aromatic carbocycles. The van der Waals surface area contributed by atoms with Crippen LogP contribution >= 0.6 is 0 Å². The highest BCUT2D eigenvalue weighted by atomic mass is 19.1. The number of likely N-dealkylation sites (tertiary alicyclic amines) is 1. The number of halogens is 1. The minimum Gasteiger partial charge on any atom is -0.359 e. The molecule has 1 aliphatic rings. The smallest absolute Gasteiger partial charge is 0.154 e. The van der Waals surface area contributed by atoms with E-state index in [1.54, 1.807) is 12.1 Å². The number of benzene rings is 1. The molecule has 0 bridgehead atoms. The number of aryl methyl sites for hydroxylation is 1. The summed E-state index contributed by atoms with van der Waals surface area (Å²) in [5.41, 5.74) is 4.13. The fraction of sp³-hybridized carbons (Fsp3) is 0.455. The van der Waals surface area contributed by atoms with E-state index >= 15 is 0 Å². The quantitative estimate of drug-likeness (QED) is 0.614. The summed E-state index contributed by atoms with van der Waals surface area (Å²) in [7, 11) is 0. The van der Waals surface area contributed by atoms with E-state index in [0.717, 1.165) is 43.1 Å². The number of rotatable bonds is 5. The van der Waals surface area contributed by atoms with Crippen molar-refractivity contribution in [1.82, 2.24) is 19.8 Å². The first-order valence-electron chi connectivity index (χ1n) is 10.1. The van der Waals surface area contributed by atoms with E-state index in [1.165, 1.54) is 42.7 Å². The van der Waals surface area contributed by atoms with Crippen molar-refractivity contribution < 1.29 is 8.91 Å². The van der Waals surface area contributed by atoms with E-state index in [0.29, 0.717) is 0 Å². The van der Waals surface area contributed by atoms with E-state index in [-0.39, 0.29) is 11.9 Å². The van der Waals surface area contributed by atoms with Gasteiger partial charge in [0.2, 0.25) is 0 Å². The summed E-state index contributed by atoms with van der Waals surface area (Å²) >= 11 is 0. The lowest BCUT2D eigenvalue weighted by Crippen LogP contribution is -2.28. The summed E-state index contributed by atoms with van der Waals surface area (Å²) in [4.78, 5) is 2.49. The van der Waals surface area contributed by atoms with Gasteiger partial charge in [0.25, 0.3) is 0 Å². The average molecular weight is 382 g/mol. The monoisotopic (exact) mass is 382 g/mol. The maximum absolute atomic E-state index is 13.2. The van der Waals surface area contributed by atoms with Crippen molar-refractivity contribution in [1.29, 1.82) is 0 Å². The molecule has 2 aromatic heterocycles. The predicted octanol–water partition coefficient (Wildman–Crippen LogP) is 5.12. The molecule has 0 saturated carbocycles. The Morgan fingerprint density at radius 1 is 1.18 bits per heavy atom. The van der Waals surface area contributed by atoms with Crippen LogP contribution < -0.4 is 0 Å². The van der Waals surface area contributed by atoms with Gasteiger partial charge in [-0.05, 0) is 57.5 Å². The van der Waals surface area contributed by atoms with E-state index in [4.69, 9.17) is 4.52 Å². The van der Waals surface area contributed by atoms with Crippen LogP contribution in [-0.4, -0.2) is 26.4 Å². The molecule has 0 aliphatic carbocycles. The maximum Gasteiger partial charge on any atom is 0.154 e. The van der Waals surface area contributed by atoms with E-state index in [2.05, 4.69) is 29.0 Å². The number of nitrogens with zero attached hydrogens (tertiary/aromatic N) is 4. The predicted molar refractivity (Wildman–Crippen MR) is 106 cm³/mol. The van der Waals surface area contributed by atoms with Crippen LogP contribution in [0.1, 0.15) is 55.7 Å². The molecule has 3 aromatic rings. The van der Waals surface area contributed by atoms with Gasteiger partial charge in [0.05, 0.1) is 12.2 Å². The number of aromatic nitrogens is 3. The second-order valence-corrected chi connectivity index (χ2v) is 7.53. The molecule has 1 saturated heterocycles. The topological polar surface area (TPSA) is 47.1 Å². The molecule has 0 unspecified atom stereocenters. The zero-order valence-electron chi connectivity index (χ0n) is 16.6. The third kappa shape index (κ3) is 3.87. The van der Waals surface area contributed by atoms with Gasteiger partial charge in [-0.2, -0.15) is 5.10 Å². The fourth-order valence-corrected chi connectivity index (χ4v) is 4.06. The average Bonchev–Trinajstić information content (AvgIpc) is 3.25. The molecule has 1 aliphatic heterocycles. The Balaban J connectivity index is 1.58. The summed E-state index contributed by atoms with van der Waals surface area (Å²) in [6.07, 6.45) is 6.65. The Hall–Kier alpha value is -2.47. The molecule has 1 atom stereocenters. The molecule has 0 radical (unpaired) electrons. The lowest BCUT2D eigenvalue weighted by Gasteiger charge is -2.27. The maximum atomic E-state index is 13.2. The van der Waals surface area contributed by atoms with Gasteiger partial charge in [-0.25, -0.2) is 4.39 Å². The largest absolute Gasteiger partial charge is 0.359 e. The van der Waals surface area contributed by atoms with Gasteiger partial charge < -0.3 is 4.52 Å². The van der Waals surface area contributed by atoms with Gasteiger partial charge >= 0.3 is 0 Å². The molecule has 3 heterocycles. The van der Waals surface area contributed by atoms with Crippen molar-refractivity contribution >= 4 is 0 Å². The summed E-state index contributed by atoms with van der Waals surface area (Å²) in [5.74, 6) is 0.646. The number of hydrogen-bond acceptors (Lipinski definition) is 4. The Bertz CT molecular complexity index is 915. The van der Waals surface area contributed by atoms with Crippen molar-refractivity contribution in [3.63, 3.8) is 0 Å². The molecule has 1 fully saturated rings. The molecular formula is C22H27FN4O. The van der Waals surface area contributed by atoms with Crippen LogP contribution in [0.25, 0.3) is 11.3 Å². The van der Waals surface area contributed by atoms with Crippen LogP contribution in [0.4, 0.5) is 4.39 Å². The third-order valence-corrected chi connectivity index (χ3v) is 5.74. The Morgan fingerprint density at radius 3 is 2.75 bits per heavy atom. The van der Waals surface area contributed by atoms with Gasteiger partial charge in [0, 0.05) is 36.0 Å². The molecule has 148 valence electrons. The molecular weight excluding hydrogens is 355 g/mol. The lowest BCUT2D eigenvalue weighted by atomic mass is 10.0. The summed E-state index contributed by atoms with van der Waals surface area (Å²) in [6.45, 7) is 7.04. The number of hydrogen-bond donors (Lipinski definition) is 0. The molecule has 4 rings (SSSR count). The Kier molecular flexibility index (Phi) is 5.57.